The number of aliphatic carboxylic acids is 1. The summed E-state index contributed by atoms with van der Waals surface area (Å²) in [4.78, 5) is 21.5. The SMILES string of the molecule is COC(=O)N[C@H](CC(=O)O)C[N+](C)(C)C. The summed E-state index contributed by atoms with van der Waals surface area (Å²) in [7, 11) is 7.02. The van der Waals surface area contributed by atoms with Crippen LogP contribution in [-0.2, 0) is 9.53 Å². The van der Waals surface area contributed by atoms with E-state index in [9.17, 15) is 9.59 Å². The van der Waals surface area contributed by atoms with Crippen LogP contribution in [0.5, 0.6) is 0 Å². The topological polar surface area (TPSA) is 75.6 Å². The molecule has 6 nitrogen and oxygen atoms in total. The second kappa shape index (κ2) is 5.55. The molecule has 0 bridgehead atoms. The Morgan fingerprint density at radius 2 is 1.93 bits per heavy atom. The minimum absolute atomic E-state index is 0.107. The number of carbonyl (C=O) groups is 2. The largest absolute Gasteiger partial charge is 0.481 e. The quantitative estimate of drug-likeness (QED) is 0.633. The van der Waals surface area contributed by atoms with Gasteiger partial charge >= 0.3 is 12.1 Å². The molecule has 0 heterocycles. The molecule has 1 atom stereocenters. The molecule has 6 heteroatoms. The molecule has 0 aromatic rings. The van der Waals surface area contributed by atoms with E-state index in [0.29, 0.717) is 11.0 Å². The Labute approximate surface area is 89.4 Å². The molecule has 2 N–H and O–H groups in total. The number of likely N-dealkylation sites (N-methyl/N-ethyl adjacent to an activating group) is 1. The molecule has 0 aliphatic carbocycles. The number of carboxylic acids is 1. The minimum atomic E-state index is -0.940. The average molecular weight is 219 g/mol. The number of nitrogens with one attached hydrogen (secondary N) is 1. The van der Waals surface area contributed by atoms with Crippen molar-refractivity contribution in [1.29, 1.82) is 0 Å². The van der Waals surface area contributed by atoms with Gasteiger partial charge in [-0.05, 0) is 0 Å². The van der Waals surface area contributed by atoms with E-state index >= 15 is 0 Å². The monoisotopic (exact) mass is 219 g/mol. The molecule has 0 unspecified atom stereocenters. The van der Waals surface area contributed by atoms with Crippen LogP contribution in [-0.4, -0.2) is 62.5 Å². The molecule has 0 saturated heterocycles. The first-order valence-electron chi connectivity index (χ1n) is 4.61. The van der Waals surface area contributed by atoms with E-state index in [-0.39, 0.29) is 6.42 Å². The van der Waals surface area contributed by atoms with Crippen molar-refractivity contribution >= 4 is 12.1 Å². The van der Waals surface area contributed by atoms with Crippen molar-refractivity contribution in [1.82, 2.24) is 5.32 Å². The van der Waals surface area contributed by atoms with Crippen molar-refractivity contribution < 1.29 is 23.9 Å². The number of methoxy groups -OCH3 is 1. The van der Waals surface area contributed by atoms with Crippen molar-refractivity contribution in [3.8, 4) is 0 Å². The highest BCUT2D eigenvalue weighted by molar-refractivity contribution is 5.71. The minimum Gasteiger partial charge on any atom is -0.481 e. The molecular weight excluding hydrogens is 200 g/mol. The highest BCUT2D eigenvalue weighted by Crippen LogP contribution is 2.00. The number of carboxylic acid groups (broad SMARTS) is 1. The van der Waals surface area contributed by atoms with Crippen molar-refractivity contribution in [3.05, 3.63) is 0 Å². The zero-order valence-corrected chi connectivity index (χ0v) is 9.61. The average Bonchev–Trinajstić information content (AvgIpc) is 1.99. The highest BCUT2D eigenvalue weighted by atomic mass is 16.5. The Balaban J connectivity index is 4.31. The number of hydrogen-bond donors (Lipinski definition) is 2. The molecule has 1 amide bonds. The maximum absolute atomic E-state index is 11.0. The van der Waals surface area contributed by atoms with Crippen LogP contribution in [0.2, 0.25) is 0 Å². The Morgan fingerprint density at radius 1 is 1.40 bits per heavy atom. The van der Waals surface area contributed by atoms with Crippen LogP contribution in [0.25, 0.3) is 0 Å². The second-order valence-corrected chi connectivity index (χ2v) is 4.40. The van der Waals surface area contributed by atoms with Crippen molar-refractivity contribution in [2.45, 2.75) is 12.5 Å². The summed E-state index contributed by atoms with van der Waals surface area (Å²) in [6.45, 7) is 0.529. The Bertz CT molecular complexity index is 235. The van der Waals surface area contributed by atoms with E-state index in [0.717, 1.165) is 0 Å². The third kappa shape index (κ3) is 7.75. The van der Waals surface area contributed by atoms with Crippen molar-refractivity contribution in [2.24, 2.45) is 0 Å². The smallest absolute Gasteiger partial charge is 0.407 e. The van der Waals surface area contributed by atoms with Gasteiger partial charge in [0.1, 0.15) is 0 Å². The summed E-state index contributed by atoms with van der Waals surface area (Å²) >= 11 is 0. The van der Waals surface area contributed by atoms with Crippen LogP contribution in [0, 0.1) is 0 Å². The van der Waals surface area contributed by atoms with Gasteiger partial charge in [0.15, 0.2) is 0 Å². The maximum atomic E-state index is 11.0. The maximum Gasteiger partial charge on any atom is 0.407 e. The molecule has 0 aliphatic heterocycles. The van der Waals surface area contributed by atoms with Gasteiger partial charge in [-0.1, -0.05) is 0 Å². The van der Waals surface area contributed by atoms with Gasteiger partial charge < -0.3 is 19.6 Å². The van der Waals surface area contributed by atoms with Crippen molar-refractivity contribution in [3.63, 3.8) is 0 Å². The normalized spacial score (nSPS) is 13.1. The molecule has 15 heavy (non-hydrogen) atoms. The van der Waals surface area contributed by atoms with Gasteiger partial charge in [-0.15, -0.1) is 0 Å². The lowest BCUT2D eigenvalue weighted by Gasteiger charge is -2.28. The van der Waals surface area contributed by atoms with Crippen LogP contribution in [0.4, 0.5) is 4.79 Å². The van der Waals surface area contributed by atoms with Crippen LogP contribution in [0.15, 0.2) is 0 Å². The summed E-state index contributed by atoms with van der Waals surface area (Å²) < 4.78 is 5.00. The molecule has 0 spiro atoms. The number of rotatable bonds is 5. The fraction of sp³-hybridized carbons (Fsp3) is 0.778. The summed E-state index contributed by atoms with van der Waals surface area (Å²) in [6.07, 6.45) is -0.709. The van der Waals surface area contributed by atoms with Gasteiger partial charge in [0.25, 0.3) is 0 Å². The molecule has 88 valence electrons. The fourth-order valence-electron chi connectivity index (χ4n) is 1.26. The van der Waals surface area contributed by atoms with Crippen molar-refractivity contribution in [2.75, 3.05) is 34.8 Å². The summed E-state index contributed by atoms with van der Waals surface area (Å²) in [5.41, 5.74) is 0. The Morgan fingerprint density at radius 3 is 2.27 bits per heavy atom. The van der Waals surface area contributed by atoms with E-state index in [2.05, 4.69) is 10.1 Å². The number of alkyl carbamates (subject to hydrolysis) is 1. The molecule has 0 saturated carbocycles. The Hall–Kier alpha value is -1.30. The second-order valence-electron chi connectivity index (χ2n) is 4.40. The van der Waals surface area contributed by atoms with E-state index in [1.54, 1.807) is 0 Å². The summed E-state index contributed by atoms with van der Waals surface area (Å²) in [5.74, 6) is -0.940. The predicted octanol–water partition coefficient (Wildman–Crippen LogP) is -0.108. The summed E-state index contributed by atoms with van der Waals surface area (Å²) in [5, 5.41) is 11.2. The van der Waals surface area contributed by atoms with Gasteiger partial charge in [-0.25, -0.2) is 4.79 Å². The number of quaternary nitrogens is 1. The van der Waals surface area contributed by atoms with Crippen LogP contribution in [0.1, 0.15) is 6.42 Å². The van der Waals surface area contributed by atoms with Gasteiger partial charge in [0.2, 0.25) is 0 Å². The van der Waals surface area contributed by atoms with Gasteiger partial charge in [0, 0.05) is 0 Å². The first-order chi connectivity index (χ1) is 6.74. The first kappa shape index (κ1) is 13.7. The standard InChI is InChI=1S/C9H18N2O4/c1-11(2,3)6-7(5-8(12)13)10-9(14)15-4/h7H,5-6H2,1-4H3,(H-,10,12,13,14)/p+1/t7-/m1/s1. The van der Waals surface area contributed by atoms with Gasteiger partial charge in [0.05, 0.1) is 47.3 Å². The molecule has 0 rings (SSSR count). The molecule has 0 radical (unpaired) electrons. The molecule has 0 aromatic carbocycles. The Kier molecular flexibility index (Phi) is 5.07. The van der Waals surface area contributed by atoms with Gasteiger partial charge in [-0.2, -0.15) is 0 Å². The van der Waals surface area contributed by atoms with Crippen LogP contribution in [0.3, 0.4) is 0 Å². The lowest BCUT2D eigenvalue weighted by Crippen LogP contribution is -2.49. The lowest BCUT2D eigenvalue weighted by molar-refractivity contribution is -0.871. The molecule has 0 fully saturated rings. The zero-order chi connectivity index (χ0) is 12.1. The van der Waals surface area contributed by atoms with Crippen LogP contribution < -0.4 is 5.32 Å². The number of carbonyl (C=O) groups excluding carboxylic acids is 1. The number of ether oxygens (including phenoxy) is 1. The summed E-state index contributed by atoms with van der Waals surface area (Å²) in [6, 6.07) is -0.421. The predicted molar refractivity (Wildman–Crippen MR) is 54.5 cm³/mol. The number of hydrogen-bond acceptors (Lipinski definition) is 3. The molecule has 0 aromatic heterocycles. The van der Waals surface area contributed by atoms with E-state index in [1.807, 2.05) is 21.1 Å². The van der Waals surface area contributed by atoms with E-state index in [1.165, 1.54) is 7.11 Å². The third-order valence-corrected chi connectivity index (χ3v) is 1.70. The molecular formula is C9H19N2O4+. The highest BCUT2D eigenvalue weighted by Gasteiger charge is 2.22. The van der Waals surface area contributed by atoms with E-state index < -0.39 is 18.1 Å². The first-order valence-corrected chi connectivity index (χ1v) is 4.61. The molecule has 0 aliphatic rings. The zero-order valence-electron chi connectivity index (χ0n) is 9.61. The third-order valence-electron chi connectivity index (χ3n) is 1.70. The lowest BCUT2D eigenvalue weighted by atomic mass is 10.2. The van der Waals surface area contributed by atoms with Gasteiger partial charge in [-0.3, -0.25) is 4.79 Å². The fourth-order valence-corrected chi connectivity index (χ4v) is 1.26. The number of amides is 1. The van der Waals surface area contributed by atoms with E-state index in [4.69, 9.17) is 5.11 Å². The number of nitrogens with zero attached hydrogens (tertiary/aromatic N) is 1. The van der Waals surface area contributed by atoms with Crippen LogP contribution >= 0.6 is 0 Å².